The van der Waals surface area contributed by atoms with Crippen LogP contribution >= 0.6 is 11.8 Å². The van der Waals surface area contributed by atoms with Crippen molar-refractivity contribution in [3.8, 4) is 17.1 Å². The van der Waals surface area contributed by atoms with Crippen LogP contribution in [-0.2, 0) is 9.59 Å². The smallest absolute Gasteiger partial charge is 0.240 e. The van der Waals surface area contributed by atoms with Crippen LogP contribution in [0.15, 0.2) is 65.8 Å². The predicted molar refractivity (Wildman–Crippen MR) is 118 cm³/mol. The second-order valence-electron chi connectivity index (χ2n) is 6.96. The molecule has 156 valence electrons. The minimum atomic E-state index is -0.685. The fraction of sp³-hybridized carbons (Fsp3) is 0.273. The summed E-state index contributed by atoms with van der Waals surface area (Å²) in [5.74, 6) is -0.0390. The summed E-state index contributed by atoms with van der Waals surface area (Å²) in [7, 11) is 0. The molecule has 0 aliphatic carbocycles. The van der Waals surface area contributed by atoms with Crippen molar-refractivity contribution in [1.29, 1.82) is 0 Å². The van der Waals surface area contributed by atoms with E-state index in [9.17, 15) is 9.59 Å². The first-order chi connectivity index (χ1) is 14.5. The Kier molecular flexibility index (Phi) is 7.24. The predicted octanol–water partition coefficient (Wildman–Crippen LogP) is 3.04. The molecule has 0 aliphatic heterocycles. The van der Waals surface area contributed by atoms with Crippen molar-refractivity contribution in [2.75, 3.05) is 5.75 Å². The SMILES string of the molecule is CCC(C)C(NC(=O)CSc1nnc(-c2ccccc2)n1-c1ccccc1)C(N)=O. The highest BCUT2D eigenvalue weighted by atomic mass is 32.2. The lowest BCUT2D eigenvalue weighted by Gasteiger charge is -2.21. The summed E-state index contributed by atoms with van der Waals surface area (Å²) in [6, 6.07) is 18.8. The van der Waals surface area contributed by atoms with Gasteiger partial charge in [-0.25, -0.2) is 0 Å². The van der Waals surface area contributed by atoms with E-state index in [1.54, 1.807) is 0 Å². The molecular weight excluding hydrogens is 398 g/mol. The number of amides is 2. The van der Waals surface area contributed by atoms with Crippen LogP contribution in [0, 0.1) is 5.92 Å². The van der Waals surface area contributed by atoms with Gasteiger partial charge >= 0.3 is 0 Å². The minimum absolute atomic E-state index is 0.0332. The van der Waals surface area contributed by atoms with Crippen LogP contribution in [0.3, 0.4) is 0 Å². The lowest BCUT2D eigenvalue weighted by atomic mass is 9.99. The van der Waals surface area contributed by atoms with Crippen molar-refractivity contribution >= 4 is 23.6 Å². The third-order valence-electron chi connectivity index (χ3n) is 4.85. The summed E-state index contributed by atoms with van der Waals surface area (Å²) in [4.78, 5) is 24.2. The van der Waals surface area contributed by atoms with E-state index >= 15 is 0 Å². The van der Waals surface area contributed by atoms with Crippen molar-refractivity contribution in [2.45, 2.75) is 31.5 Å². The average Bonchev–Trinajstić information content (AvgIpc) is 3.20. The summed E-state index contributed by atoms with van der Waals surface area (Å²) in [5, 5.41) is 12.0. The van der Waals surface area contributed by atoms with Crippen LogP contribution in [0.25, 0.3) is 17.1 Å². The van der Waals surface area contributed by atoms with Crippen LogP contribution < -0.4 is 11.1 Å². The van der Waals surface area contributed by atoms with Crippen LogP contribution in [-0.4, -0.2) is 38.4 Å². The molecule has 3 N–H and O–H groups in total. The average molecular weight is 424 g/mol. The lowest BCUT2D eigenvalue weighted by molar-refractivity contribution is -0.127. The van der Waals surface area contributed by atoms with E-state index in [0.29, 0.717) is 11.0 Å². The van der Waals surface area contributed by atoms with E-state index in [1.165, 1.54) is 11.8 Å². The Morgan fingerprint density at radius 3 is 2.30 bits per heavy atom. The molecule has 0 aliphatic rings. The Morgan fingerprint density at radius 2 is 1.70 bits per heavy atom. The maximum atomic E-state index is 12.5. The first-order valence-electron chi connectivity index (χ1n) is 9.79. The number of hydrogen-bond donors (Lipinski definition) is 2. The number of para-hydroxylation sites is 1. The van der Waals surface area contributed by atoms with E-state index in [-0.39, 0.29) is 17.6 Å². The minimum Gasteiger partial charge on any atom is -0.368 e. The second-order valence-corrected chi connectivity index (χ2v) is 7.91. The summed E-state index contributed by atoms with van der Waals surface area (Å²) >= 11 is 1.26. The highest BCUT2D eigenvalue weighted by molar-refractivity contribution is 7.99. The van der Waals surface area contributed by atoms with Crippen LogP contribution in [0.5, 0.6) is 0 Å². The van der Waals surface area contributed by atoms with E-state index in [0.717, 1.165) is 17.7 Å². The Bertz CT molecular complexity index is 991. The molecule has 8 heteroatoms. The van der Waals surface area contributed by atoms with E-state index < -0.39 is 11.9 Å². The number of primary amides is 1. The quantitative estimate of drug-likeness (QED) is 0.515. The molecule has 0 bridgehead atoms. The van der Waals surface area contributed by atoms with Gasteiger partial charge in [0, 0.05) is 11.3 Å². The zero-order chi connectivity index (χ0) is 21.5. The molecule has 1 heterocycles. The number of thioether (sulfide) groups is 1. The molecule has 0 saturated heterocycles. The molecule has 1 aromatic heterocycles. The van der Waals surface area contributed by atoms with Gasteiger partial charge in [0.2, 0.25) is 11.8 Å². The Morgan fingerprint density at radius 1 is 1.07 bits per heavy atom. The van der Waals surface area contributed by atoms with Gasteiger partial charge in [-0.3, -0.25) is 14.2 Å². The molecule has 2 aromatic carbocycles. The highest BCUT2D eigenvalue weighted by Crippen LogP contribution is 2.27. The number of rotatable bonds is 9. The van der Waals surface area contributed by atoms with Crippen molar-refractivity contribution in [2.24, 2.45) is 11.7 Å². The standard InChI is InChI=1S/C22H25N5O2S/c1-3-15(2)19(20(23)29)24-18(28)14-30-22-26-25-21(16-10-6-4-7-11-16)27(22)17-12-8-5-9-13-17/h4-13,15,19H,3,14H2,1-2H3,(H2,23,29)(H,24,28). The second kappa shape index (κ2) is 10.1. The first kappa shape index (κ1) is 21.6. The van der Waals surface area contributed by atoms with Gasteiger partial charge in [-0.05, 0) is 18.1 Å². The molecule has 3 aromatic rings. The number of hydrogen-bond acceptors (Lipinski definition) is 5. The van der Waals surface area contributed by atoms with Crippen molar-refractivity contribution in [1.82, 2.24) is 20.1 Å². The number of benzene rings is 2. The van der Waals surface area contributed by atoms with Gasteiger partial charge in [0.1, 0.15) is 6.04 Å². The van der Waals surface area contributed by atoms with Gasteiger partial charge in [-0.2, -0.15) is 0 Å². The third kappa shape index (κ3) is 5.07. The van der Waals surface area contributed by atoms with E-state index in [4.69, 9.17) is 5.73 Å². The molecule has 2 atom stereocenters. The summed E-state index contributed by atoms with van der Waals surface area (Å²) in [6.07, 6.45) is 0.740. The molecule has 0 fully saturated rings. The molecule has 2 amide bonds. The first-order valence-corrected chi connectivity index (χ1v) is 10.8. The molecule has 3 rings (SSSR count). The summed E-state index contributed by atoms with van der Waals surface area (Å²) in [5.41, 5.74) is 7.28. The van der Waals surface area contributed by atoms with Gasteiger partial charge in [0.05, 0.1) is 5.75 Å². The van der Waals surface area contributed by atoms with Gasteiger partial charge in [-0.1, -0.05) is 80.6 Å². The Labute approximate surface area is 180 Å². The summed E-state index contributed by atoms with van der Waals surface area (Å²) in [6.45, 7) is 3.84. The van der Waals surface area contributed by atoms with Crippen LogP contribution in [0.1, 0.15) is 20.3 Å². The van der Waals surface area contributed by atoms with Gasteiger partial charge in [0.25, 0.3) is 0 Å². The molecule has 0 radical (unpaired) electrons. The van der Waals surface area contributed by atoms with Crippen molar-refractivity contribution in [3.05, 3.63) is 60.7 Å². The van der Waals surface area contributed by atoms with Gasteiger partial charge in [-0.15, -0.1) is 10.2 Å². The Hall–Kier alpha value is -3.13. The normalized spacial score (nSPS) is 12.9. The molecule has 0 spiro atoms. The molecular formula is C22H25N5O2S. The fourth-order valence-electron chi connectivity index (χ4n) is 3.02. The van der Waals surface area contributed by atoms with E-state index in [1.807, 2.05) is 79.1 Å². The number of nitrogens with two attached hydrogens (primary N) is 1. The fourth-order valence-corrected chi connectivity index (χ4v) is 3.79. The Balaban J connectivity index is 1.82. The zero-order valence-corrected chi connectivity index (χ0v) is 17.8. The monoisotopic (exact) mass is 423 g/mol. The topological polar surface area (TPSA) is 103 Å². The molecule has 7 nitrogen and oxygen atoms in total. The van der Waals surface area contributed by atoms with Crippen molar-refractivity contribution < 1.29 is 9.59 Å². The third-order valence-corrected chi connectivity index (χ3v) is 5.78. The molecule has 30 heavy (non-hydrogen) atoms. The van der Waals surface area contributed by atoms with Crippen molar-refractivity contribution in [3.63, 3.8) is 0 Å². The molecule has 0 saturated carbocycles. The summed E-state index contributed by atoms with van der Waals surface area (Å²) < 4.78 is 1.92. The largest absolute Gasteiger partial charge is 0.368 e. The number of carbonyl (C=O) groups is 2. The van der Waals surface area contributed by atoms with Gasteiger partial charge < -0.3 is 11.1 Å². The number of nitrogens with zero attached hydrogens (tertiary/aromatic N) is 3. The maximum absolute atomic E-state index is 12.5. The van der Waals surface area contributed by atoms with Crippen LogP contribution in [0.2, 0.25) is 0 Å². The van der Waals surface area contributed by atoms with E-state index in [2.05, 4.69) is 15.5 Å². The number of nitrogens with one attached hydrogen (secondary N) is 1. The van der Waals surface area contributed by atoms with Gasteiger partial charge in [0.15, 0.2) is 11.0 Å². The molecule has 2 unspecified atom stereocenters. The zero-order valence-electron chi connectivity index (χ0n) is 17.0. The number of carbonyl (C=O) groups excluding carboxylic acids is 2. The van der Waals surface area contributed by atoms with Crippen LogP contribution in [0.4, 0.5) is 0 Å². The number of aromatic nitrogens is 3. The highest BCUT2D eigenvalue weighted by Gasteiger charge is 2.24. The maximum Gasteiger partial charge on any atom is 0.240 e. The lowest BCUT2D eigenvalue weighted by Crippen LogP contribution is -2.48.